The highest BCUT2D eigenvalue weighted by Gasteiger charge is 2.17. The lowest BCUT2D eigenvalue weighted by Crippen LogP contribution is -2.15. The molecule has 0 bridgehead atoms. The van der Waals surface area contributed by atoms with Crippen LogP contribution < -0.4 is 10.1 Å². The summed E-state index contributed by atoms with van der Waals surface area (Å²) in [5.74, 6) is 1.50. The molecule has 6 heteroatoms. The lowest BCUT2D eigenvalue weighted by atomic mass is 10.1. The van der Waals surface area contributed by atoms with Crippen molar-refractivity contribution in [3.63, 3.8) is 0 Å². The number of amides is 1. The first-order valence-electron chi connectivity index (χ1n) is 9.29. The molecule has 1 amide bonds. The van der Waals surface area contributed by atoms with Crippen LogP contribution in [0.2, 0.25) is 0 Å². The number of hydrogen-bond acceptors (Lipinski definition) is 3. The number of rotatable bonds is 7. The Labute approximate surface area is 173 Å². The lowest BCUT2D eigenvalue weighted by Gasteiger charge is -2.11. The lowest BCUT2D eigenvalue weighted by molar-refractivity contribution is -0.116. The van der Waals surface area contributed by atoms with Gasteiger partial charge in [-0.15, -0.1) is 0 Å². The Bertz CT molecular complexity index is 964. The average Bonchev–Trinajstić information content (AvgIpc) is 2.95. The molecule has 0 saturated heterocycles. The minimum Gasteiger partial charge on any atom is -0.494 e. The first-order valence-corrected chi connectivity index (χ1v) is 10.1. The molecule has 3 rings (SSSR count). The minimum absolute atomic E-state index is 0.0485. The normalized spacial score (nSPS) is 10.7. The van der Waals surface area contributed by atoms with Crippen LogP contribution >= 0.6 is 15.9 Å². The molecule has 5 nitrogen and oxygen atoms in total. The fraction of sp³-hybridized carbons (Fsp3) is 0.273. The van der Waals surface area contributed by atoms with Crippen LogP contribution in [-0.4, -0.2) is 22.3 Å². The van der Waals surface area contributed by atoms with Crippen LogP contribution in [0.1, 0.15) is 24.6 Å². The van der Waals surface area contributed by atoms with Crippen molar-refractivity contribution in [3.8, 4) is 16.9 Å². The van der Waals surface area contributed by atoms with Gasteiger partial charge in [-0.1, -0.05) is 46.3 Å². The molecule has 1 heterocycles. The molecule has 0 atom stereocenters. The van der Waals surface area contributed by atoms with Crippen molar-refractivity contribution in [2.45, 2.75) is 26.7 Å². The second kappa shape index (κ2) is 9.06. The van der Waals surface area contributed by atoms with Crippen LogP contribution in [0.3, 0.4) is 0 Å². The molecular weight excluding hydrogens is 418 g/mol. The van der Waals surface area contributed by atoms with Gasteiger partial charge < -0.3 is 10.1 Å². The van der Waals surface area contributed by atoms with E-state index in [-0.39, 0.29) is 5.91 Å². The van der Waals surface area contributed by atoms with Crippen molar-refractivity contribution in [1.29, 1.82) is 0 Å². The van der Waals surface area contributed by atoms with Crippen molar-refractivity contribution in [3.05, 3.63) is 64.3 Å². The molecule has 2 aromatic carbocycles. The molecule has 1 N–H and O–H groups in total. The maximum absolute atomic E-state index is 12.7. The van der Waals surface area contributed by atoms with Crippen molar-refractivity contribution in [2.75, 3.05) is 11.9 Å². The van der Waals surface area contributed by atoms with E-state index >= 15 is 0 Å². The summed E-state index contributed by atoms with van der Waals surface area (Å²) in [6.45, 7) is 4.51. The van der Waals surface area contributed by atoms with Crippen molar-refractivity contribution >= 4 is 27.7 Å². The van der Waals surface area contributed by atoms with Gasteiger partial charge in [0.05, 0.1) is 12.3 Å². The second-order valence-electron chi connectivity index (χ2n) is 6.53. The molecule has 0 fully saturated rings. The monoisotopic (exact) mass is 441 g/mol. The van der Waals surface area contributed by atoms with E-state index in [2.05, 4.69) is 26.3 Å². The highest BCUT2D eigenvalue weighted by atomic mass is 79.9. The minimum atomic E-state index is -0.0485. The zero-order chi connectivity index (χ0) is 20.1. The maximum atomic E-state index is 12.7. The van der Waals surface area contributed by atoms with Gasteiger partial charge in [0.15, 0.2) is 0 Å². The molecular formula is C22H24BrN3O2. The number of aryl methyl sites for hydroxylation is 3. The molecule has 3 aromatic rings. The SMILES string of the molecule is CCOc1ccccc1CCC(=O)Nc1c(-c2ccc(Br)cc2)c(C)nn1C. The average molecular weight is 442 g/mol. The molecule has 0 aliphatic carbocycles. The van der Waals surface area contributed by atoms with Crippen molar-refractivity contribution in [1.82, 2.24) is 9.78 Å². The number of nitrogens with zero attached hydrogens (tertiary/aromatic N) is 2. The predicted octanol–water partition coefficient (Wildman–Crippen LogP) is 5.13. The Balaban J connectivity index is 1.75. The largest absolute Gasteiger partial charge is 0.494 e. The van der Waals surface area contributed by atoms with Gasteiger partial charge in [-0.2, -0.15) is 5.10 Å². The summed E-state index contributed by atoms with van der Waals surface area (Å²) in [4.78, 5) is 12.7. The maximum Gasteiger partial charge on any atom is 0.225 e. The smallest absolute Gasteiger partial charge is 0.225 e. The molecule has 0 aliphatic rings. The number of benzene rings is 2. The third-order valence-corrected chi connectivity index (χ3v) is 5.04. The van der Waals surface area contributed by atoms with Crippen LogP contribution in [0.4, 0.5) is 5.82 Å². The number of halogens is 1. The molecule has 0 radical (unpaired) electrons. The molecule has 1 aromatic heterocycles. The highest BCUT2D eigenvalue weighted by molar-refractivity contribution is 9.10. The number of hydrogen-bond donors (Lipinski definition) is 1. The number of carbonyl (C=O) groups excluding carboxylic acids is 1. The summed E-state index contributed by atoms with van der Waals surface area (Å²) in [5.41, 5.74) is 3.87. The first-order chi connectivity index (χ1) is 13.5. The van der Waals surface area contributed by atoms with Crippen molar-refractivity contribution < 1.29 is 9.53 Å². The van der Waals surface area contributed by atoms with Crippen LogP contribution in [0.15, 0.2) is 53.0 Å². The Kier molecular flexibility index (Phi) is 6.52. The number of anilines is 1. The Morgan fingerprint density at radius 1 is 1.18 bits per heavy atom. The molecule has 28 heavy (non-hydrogen) atoms. The van der Waals surface area contributed by atoms with Gasteiger partial charge in [0, 0.05) is 23.5 Å². The Hall–Kier alpha value is -2.60. The fourth-order valence-corrected chi connectivity index (χ4v) is 3.48. The van der Waals surface area contributed by atoms with E-state index in [1.807, 2.05) is 69.4 Å². The van der Waals surface area contributed by atoms with E-state index in [0.717, 1.165) is 32.6 Å². The van der Waals surface area contributed by atoms with Gasteiger partial charge >= 0.3 is 0 Å². The van der Waals surface area contributed by atoms with E-state index in [1.54, 1.807) is 4.68 Å². The molecule has 146 valence electrons. The van der Waals surface area contributed by atoms with Gasteiger partial charge in [0.25, 0.3) is 0 Å². The third kappa shape index (κ3) is 4.62. The Morgan fingerprint density at radius 2 is 1.89 bits per heavy atom. The summed E-state index contributed by atoms with van der Waals surface area (Å²) in [5, 5.41) is 7.53. The van der Waals surface area contributed by atoms with Gasteiger partial charge in [0.1, 0.15) is 11.6 Å². The number of aromatic nitrogens is 2. The summed E-state index contributed by atoms with van der Waals surface area (Å²) in [6.07, 6.45) is 0.987. The quantitative estimate of drug-likeness (QED) is 0.552. The van der Waals surface area contributed by atoms with Gasteiger partial charge in [-0.25, -0.2) is 0 Å². The number of nitrogens with one attached hydrogen (secondary N) is 1. The third-order valence-electron chi connectivity index (χ3n) is 4.51. The standard InChI is InChI=1S/C22H24BrN3O2/c1-4-28-19-8-6-5-7-16(19)11-14-20(27)24-22-21(15(2)25-26(22)3)17-9-12-18(23)13-10-17/h5-10,12-13H,4,11,14H2,1-3H3,(H,24,27). The van der Waals surface area contributed by atoms with Crippen LogP contribution in [0.25, 0.3) is 11.1 Å². The zero-order valence-corrected chi connectivity index (χ0v) is 17.9. The predicted molar refractivity (Wildman–Crippen MR) is 116 cm³/mol. The first kappa shape index (κ1) is 20.1. The number of para-hydroxylation sites is 1. The van der Waals surface area contributed by atoms with E-state index < -0.39 is 0 Å². The van der Waals surface area contributed by atoms with E-state index in [9.17, 15) is 4.79 Å². The highest BCUT2D eigenvalue weighted by Crippen LogP contribution is 2.32. The van der Waals surface area contributed by atoms with Crippen LogP contribution in [0, 0.1) is 6.92 Å². The number of ether oxygens (including phenoxy) is 1. The van der Waals surface area contributed by atoms with Crippen LogP contribution in [-0.2, 0) is 18.3 Å². The summed E-state index contributed by atoms with van der Waals surface area (Å²) >= 11 is 3.46. The topological polar surface area (TPSA) is 56.1 Å². The van der Waals surface area contributed by atoms with E-state index in [1.165, 1.54) is 0 Å². The summed E-state index contributed by atoms with van der Waals surface area (Å²) in [7, 11) is 1.84. The number of carbonyl (C=O) groups is 1. The fourth-order valence-electron chi connectivity index (χ4n) is 3.21. The second-order valence-corrected chi connectivity index (χ2v) is 7.44. The van der Waals surface area contributed by atoms with Crippen molar-refractivity contribution in [2.24, 2.45) is 7.05 Å². The van der Waals surface area contributed by atoms with Gasteiger partial charge in [0.2, 0.25) is 5.91 Å². The summed E-state index contributed by atoms with van der Waals surface area (Å²) in [6, 6.07) is 15.8. The van der Waals surface area contributed by atoms with Crippen LogP contribution in [0.5, 0.6) is 5.75 Å². The molecule has 0 unspecified atom stereocenters. The summed E-state index contributed by atoms with van der Waals surface area (Å²) < 4.78 is 8.38. The Morgan fingerprint density at radius 3 is 2.61 bits per heavy atom. The molecule has 0 saturated carbocycles. The van der Waals surface area contributed by atoms with E-state index in [0.29, 0.717) is 25.3 Å². The zero-order valence-electron chi connectivity index (χ0n) is 16.3. The van der Waals surface area contributed by atoms with Gasteiger partial charge in [-0.3, -0.25) is 9.48 Å². The molecule has 0 spiro atoms. The molecule has 0 aliphatic heterocycles. The van der Waals surface area contributed by atoms with E-state index in [4.69, 9.17) is 4.74 Å². The van der Waals surface area contributed by atoms with Gasteiger partial charge in [-0.05, 0) is 49.6 Å².